The van der Waals surface area contributed by atoms with Crippen molar-refractivity contribution in [3.05, 3.63) is 18.2 Å². The first kappa shape index (κ1) is 7.43. The van der Waals surface area contributed by atoms with Gasteiger partial charge in [-0.3, -0.25) is 5.10 Å². The average Bonchev–Trinajstić information content (AvgIpc) is 2.85. The van der Waals surface area contributed by atoms with E-state index in [2.05, 4.69) is 25.2 Å². The van der Waals surface area contributed by atoms with Gasteiger partial charge in [-0.15, -0.1) is 0 Å². The van der Waals surface area contributed by atoms with E-state index >= 15 is 0 Å². The molecule has 1 N–H and O–H groups in total. The number of nitrogens with zero attached hydrogens (tertiary/aromatic N) is 4. The standard InChI is InChI=1S/C8H7N5O/c1-2-14-8(10-1)7-6-5(12-13-7)3-9-4-11-6/h3-4H,1-2H2,(H,12,13). The van der Waals surface area contributed by atoms with Gasteiger partial charge in [-0.25, -0.2) is 15.0 Å². The Labute approximate surface area is 79.0 Å². The Kier molecular flexibility index (Phi) is 1.46. The molecule has 6 nitrogen and oxygen atoms in total. The van der Waals surface area contributed by atoms with Crippen LogP contribution >= 0.6 is 0 Å². The molecule has 3 rings (SSSR count). The number of fused-ring (bicyclic) bond motifs is 1. The number of rotatable bonds is 1. The maximum atomic E-state index is 5.31. The third-order valence-corrected chi connectivity index (χ3v) is 2.01. The number of hydrogen-bond donors (Lipinski definition) is 1. The molecule has 0 atom stereocenters. The fraction of sp³-hybridized carbons (Fsp3) is 0.250. The first-order chi connectivity index (χ1) is 6.95. The van der Waals surface area contributed by atoms with Crippen molar-refractivity contribution in [1.29, 1.82) is 0 Å². The largest absolute Gasteiger partial charge is 0.474 e. The third-order valence-electron chi connectivity index (χ3n) is 2.01. The van der Waals surface area contributed by atoms with Crippen molar-refractivity contribution in [3.8, 4) is 0 Å². The normalized spacial score (nSPS) is 15.6. The van der Waals surface area contributed by atoms with E-state index in [1.807, 2.05) is 0 Å². The van der Waals surface area contributed by atoms with Gasteiger partial charge in [-0.05, 0) is 0 Å². The van der Waals surface area contributed by atoms with E-state index in [4.69, 9.17) is 4.74 Å². The lowest BCUT2D eigenvalue weighted by Crippen LogP contribution is -2.02. The van der Waals surface area contributed by atoms with Gasteiger partial charge >= 0.3 is 0 Å². The third kappa shape index (κ3) is 0.968. The van der Waals surface area contributed by atoms with Crippen molar-refractivity contribution < 1.29 is 4.74 Å². The Balaban J connectivity index is 2.21. The molecule has 2 aromatic heterocycles. The Bertz CT molecular complexity index is 503. The van der Waals surface area contributed by atoms with E-state index in [-0.39, 0.29) is 0 Å². The lowest BCUT2D eigenvalue weighted by Gasteiger charge is -1.95. The second kappa shape index (κ2) is 2.76. The second-order valence-corrected chi connectivity index (χ2v) is 2.89. The van der Waals surface area contributed by atoms with Gasteiger partial charge in [0.1, 0.15) is 24.0 Å². The minimum Gasteiger partial charge on any atom is -0.474 e. The van der Waals surface area contributed by atoms with Gasteiger partial charge in [-0.1, -0.05) is 0 Å². The van der Waals surface area contributed by atoms with E-state index < -0.39 is 0 Å². The molecule has 70 valence electrons. The molecule has 0 aromatic carbocycles. The maximum Gasteiger partial charge on any atom is 0.239 e. The zero-order valence-electron chi connectivity index (χ0n) is 7.27. The molecule has 0 aliphatic carbocycles. The summed E-state index contributed by atoms with van der Waals surface area (Å²) in [5, 5.41) is 6.92. The molecule has 1 aliphatic rings. The zero-order valence-corrected chi connectivity index (χ0v) is 7.27. The summed E-state index contributed by atoms with van der Waals surface area (Å²) in [6, 6.07) is 0. The lowest BCUT2D eigenvalue weighted by molar-refractivity contribution is 0.347. The Hall–Kier alpha value is -1.98. The van der Waals surface area contributed by atoms with Gasteiger partial charge < -0.3 is 4.74 Å². The second-order valence-electron chi connectivity index (χ2n) is 2.89. The summed E-state index contributed by atoms with van der Waals surface area (Å²) in [6.07, 6.45) is 3.16. The van der Waals surface area contributed by atoms with Crippen molar-refractivity contribution in [2.75, 3.05) is 13.2 Å². The molecule has 0 fully saturated rings. The maximum absolute atomic E-state index is 5.31. The molecular formula is C8H7N5O. The summed E-state index contributed by atoms with van der Waals surface area (Å²) in [5.74, 6) is 0.565. The number of H-pyrrole nitrogens is 1. The van der Waals surface area contributed by atoms with Crippen LogP contribution in [0.1, 0.15) is 5.69 Å². The van der Waals surface area contributed by atoms with Crippen molar-refractivity contribution in [2.45, 2.75) is 0 Å². The Morgan fingerprint density at radius 3 is 3.29 bits per heavy atom. The van der Waals surface area contributed by atoms with E-state index in [0.717, 1.165) is 11.0 Å². The molecule has 0 spiro atoms. The lowest BCUT2D eigenvalue weighted by atomic mass is 10.3. The summed E-state index contributed by atoms with van der Waals surface area (Å²) < 4.78 is 5.31. The van der Waals surface area contributed by atoms with Crippen LogP contribution in [0, 0.1) is 0 Å². The van der Waals surface area contributed by atoms with E-state index in [9.17, 15) is 0 Å². The van der Waals surface area contributed by atoms with Crippen molar-refractivity contribution >= 4 is 16.9 Å². The van der Waals surface area contributed by atoms with Crippen LogP contribution in [0.5, 0.6) is 0 Å². The van der Waals surface area contributed by atoms with Crippen LogP contribution in [0.4, 0.5) is 0 Å². The van der Waals surface area contributed by atoms with Gasteiger partial charge in [0.25, 0.3) is 0 Å². The SMILES string of the molecule is c1ncc2[nH]nc(C3=NCCO3)c2n1. The number of aromatic nitrogens is 4. The first-order valence-corrected chi connectivity index (χ1v) is 4.27. The predicted octanol–water partition coefficient (Wildman–Crippen LogP) is 0.130. The number of aliphatic imine (C=N–C) groups is 1. The Morgan fingerprint density at radius 1 is 1.43 bits per heavy atom. The highest BCUT2D eigenvalue weighted by Crippen LogP contribution is 2.14. The minimum absolute atomic E-state index is 0.565. The van der Waals surface area contributed by atoms with Crippen molar-refractivity contribution in [2.24, 2.45) is 4.99 Å². The monoisotopic (exact) mass is 189 g/mol. The highest BCUT2D eigenvalue weighted by atomic mass is 16.5. The van der Waals surface area contributed by atoms with Gasteiger partial charge in [0.05, 0.1) is 12.7 Å². The summed E-state index contributed by atoms with van der Waals surface area (Å²) in [6.45, 7) is 1.31. The van der Waals surface area contributed by atoms with Crippen LogP contribution in [-0.4, -0.2) is 39.2 Å². The molecular weight excluding hydrogens is 182 g/mol. The number of hydrogen-bond acceptors (Lipinski definition) is 5. The highest BCUT2D eigenvalue weighted by molar-refractivity contribution is 6.03. The Morgan fingerprint density at radius 2 is 2.43 bits per heavy atom. The van der Waals surface area contributed by atoms with Gasteiger partial charge in [0.15, 0.2) is 5.69 Å². The molecule has 0 saturated heterocycles. The quantitative estimate of drug-likeness (QED) is 0.691. The first-order valence-electron chi connectivity index (χ1n) is 4.27. The van der Waals surface area contributed by atoms with Crippen LogP contribution < -0.4 is 0 Å². The number of aromatic amines is 1. The van der Waals surface area contributed by atoms with Crippen LogP contribution in [0.25, 0.3) is 11.0 Å². The smallest absolute Gasteiger partial charge is 0.239 e. The molecule has 2 aromatic rings. The minimum atomic E-state index is 0.565. The molecule has 6 heteroatoms. The molecule has 0 radical (unpaired) electrons. The van der Waals surface area contributed by atoms with E-state index in [1.165, 1.54) is 6.33 Å². The molecule has 0 unspecified atom stereocenters. The van der Waals surface area contributed by atoms with Gasteiger partial charge in [0, 0.05) is 0 Å². The predicted molar refractivity (Wildman–Crippen MR) is 49.0 cm³/mol. The molecule has 0 amide bonds. The van der Waals surface area contributed by atoms with Crippen molar-refractivity contribution in [1.82, 2.24) is 20.2 Å². The zero-order chi connectivity index (χ0) is 9.38. The summed E-state index contributed by atoms with van der Waals surface area (Å²) in [4.78, 5) is 12.2. The van der Waals surface area contributed by atoms with Crippen LogP contribution in [0.15, 0.2) is 17.5 Å². The van der Waals surface area contributed by atoms with Gasteiger partial charge in [0.2, 0.25) is 5.90 Å². The summed E-state index contributed by atoms with van der Waals surface area (Å²) >= 11 is 0. The summed E-state index contributed by atoms with van der Waals surface area (Å²) in [7, 11) is 0. The van der Waals surface area contributed by atoms with Crippen LogP contribution in [0.3, 0.4) is 0 Å². The number of nitrogens with one attached hydrogen (secondary N) is 1. The fourth-order valence-corrected chi connectivity index (χ4v) is 1.40. The van der Waals surface area contributed by atoms with Gasteiger partial charge in [-0.2, -0.15) is 5.10 Å². The average molecular weight is 189 g/mol. The van der Waals surface area contributed by atoms with Crippen LogP contribution in [0.2, 0.25) is 0 Å². The molecule has 14 heavy (non-hydrogen) atoms. The molecule has 3 heterocycles. The highest BCUT2D eigenvalue weighted by Gasteiger charge is 2.17. The van der Waals surface area contributed by atoms with E-state index in [1.54, 1.807) is 6.20 Å². The number of ether oxygens (including phenoxy) is 1. The fourth-order valence-electron chi connectivity index (χ4n) is 1.40. The van der Waals surface area contributed by atoms with E-state index in [0.29, 0.717) is 24.7 Å². The topological polar surface area (TPSA) is 76.0 Å². The summed E-state index contributed by atoms with van der Waals surface area (Å²) in [5.41, 5.74) is 2.21. The van der Waals surface area contributed by atoms with Crippen LogP contribution in [-0.2, 0) is 4.74 Å². The molecule has 1 aliphatic heterocycles. The van der Waals surface area contributed by atoms with Crippen molar-refractivity contribution in [3.63, 3.8) is 0 Å². The molecule has 0 bridgehead atoms. The molecule has 0 saturated carbocycles.